The number of hydrogen-bond acceptors (Lipinski definition) is 5. The Morgan fingerprint density at radius 2 is 2.04 bits per heavy atom. The van der Waals surface area contributed by atoms with Gasteiger partial charge in [0.05, 0.1) is 24.3 Å². The number of nitrogens with one attached hydrogen (secondary N) is 1. The zero-order chi connectivity index (χ0) is 20.1. The van der Waals surface area contributed by atoms with Gasteiger partial charge in [-0.2, -0.15) is 0 Å². The van der Waals surface area contributed by atoms with Crippen LogP contribution in [0.5, 0.6) is 5.75 Å². The molecule has 0 bridgehead atoms. The molecule has 2 heterocycles. The number of fused-ring (bicyclic) bond motifs is 1. The molecule has 28 heavy (non-hydrogen) atoms. The van der Waals surface area contributed by atoms with E-state index < -0.39 is 5.97 Å². The highest BCUT2D eigenvalue weighted by Crippen LogP contribution is 2.29. The molecule has 152 valence electrons. The van der Waals surface area contributed by atoms with E-state index >= 15 is 0 Å². The lowest BCUT2D eigenvalue weighted by atomic mass is 9.95. The summed E-state index contributed by atoms with van der Waals surface area (Å²) < 4.78 is 5.87. The summed E-state index contributed by atoms with van der Waals surface area (Å²) in [6, 6.07) is 5.14. The first kappa shape index (κ1) is 20.1. The van der Waals surface area contributed by atoms with Gasteiger partial charge >= 0.3 is 5.97 Å². The van der Waals surface area contributed by atoms with Crippen molar-refractivity contribution in [1.82, 2.24) is 10.2 Å². The average molecular weight is 389 g/mol. The number of ether oxygens (including phenoxy) is 1. The predicted octanol–water partition coefficient (Wildman–Crippen LogP) is 1.35. The maximum Gasteiger partial charge on any atom is 0.305 e. The summed E-state index contributed by atoms with van der Waals surface area (Å²) in [7, 11) is 1.62. The maximum absolute atomic E-state index is 12.9. The quantitative estimate of drug-likeness (QED) is 0.730. The Balaban J connectivity index is 1.71. The minimum absolute atomic E-state index is 0.00597. The third kappa shape index (κ3) is 4.81. The van der Waals surface area contributed by atoms with Crippen molar-refractivity contribution in [2.75, 3.05) is 44.7 Å². The van der Waals surface area contributed by atoms with Gasteiger partial charge in [0.15, 0.2) is 0 Å². The van der Waals surface area contributed by atoms with Gasteiger partial charge < -0.3 is 25.0 Å². The lowest BCUT2D eigenvalue weighted by Crippen LogP contribution is -2.38. The molecule has 0 aliphatic carbocycles. The van der Waals surface area contributed by atoms with E-state index in [1.807, 2.05) is 0 Å². The molecule has 1 aromatic rings. The predicted molar refractivity (Wildman–Crippen MR) is 104 cm³/mol. The number of benzene rings is 1. The molecule has 2 N–H and O–H groups in total. The van der Waals surface area contributed by atoms with Crippen molar-refractivity contribution < 1.29 is 24.2 Å². The summed E-state index contributed by atoms with van der Waals surface area (Å²) in [6.07, 6.45) is 3.06. The number of likely N-dealkylation sites (N-methyl/N-ethyl adjacent to an activating group) is 1. The first-order valence-corrected chi connectivity index (χ1v) is 9.71. The number of carbonyl (C=O) groups is 3. The molecule has 8 heteroatoms. The van der Waals surface area contributed by atoms with Crippen LogP contribution in [0.1, 0.15) is 36.0 Å². The van der Waals surface area contributed by atoms with E-state index in [-0.39, 0.29) is 31.3 Å². The summed E-state index contributed by atoms with van der Waals surface area (Å²) in [5, 5.41) is 12.3. The van der Waals surface area contributed by atoms with E-state index in [0.29, 0.717) is 29.5 Å². The van der Waals surface area contributed by atoms with Crippen molar-refractivity contribution in [2.45, 2.75) is 25.7 Å². The molecule has 0 spiro atoms. The van der Waals surface area contributed by atoms with Gasteiger partial charge in [0.2, 0.25) is 5.91 Å². The van der Waals surface area contributed by atoms with Gasteiger partial charge in [0.1, 0.15) is 12.3 Å². The van der Waals surface area contributed by atoms with Gasteiger partial charge in [-0.05, 0) is 56.5 Å². The summed E-state index contributed by atoms with van der Waals surface area (Å²) in [5.41, 5.74) is 0.872. The molecule has 0 radical (unpaired) electrons. The Morgan fingerprint density at radius 1 is 1.29 bits per heavy atom. The van der Waals surface area contributed by atoms with Gasteiger partial charge in [0, 0.05) is 13.6 Å². The third-order valence-corrected chi connectivity index (χ3v) is 5.40. The van der Waals surface area contributed by atoms with Crippen LogP contribution in [0.4, 0.5) is 5.69 Å². The van der Waals surface area contributed by atoms with Crippen molar-refractivity contribution in [2.24, 2.45) is 5.92 Å². The largest absolute Gasteiger partial charge is 0.494 e. The average Bonchev–Trinajstić information content (AvgIpc) is 2.78. The lowest BCUT2D eigenvalue weighted by molar-refractivity contribution is -0.137. The number of rotatable bonds is 7. The number of nitrogens with zero attached hydrogens (tertiary/aromatic N) is 2. The number of anilines is 1. The fraction of sp³-hybridized carbons (Fsp3) is 0.550. The summed E-state index contributed by atoms with van der Waals surface area (Å²) in [5.74, 6) is -0.371. The Kier molecular flexibility index (Phi) is 6.51. The van der Waals surface area contributed by atoms with Crippen molar-refractivity contribution >= 4 is 23.5 Å². The first-order valence-electron chi connectivity index (χ1n) is 9.71. The van der Waals surface area contributed by atoms with Crippen LogP contribution < -0.4 is 15.0 Å². The zero-order valence-corrected chi connectivity index (χ0v) is 16.1. The van der Waals surface area contributed by atoms with Crippen molar-refractivity contribution in [1.29, 1.82) is 0 Å². The maximum atomic E-state index is 12.9. The molecule has 8 nitrogen and oxygen atoms in total. The number of piperidine rings is 1. The van der Waals surface area contributed by atoms with Gasteiger partial charge in [-0.1, -0.05) is 0 Å². The second-order valence-electron chi connectivity index (χ2n) is 7.33. The van der Waals surface area contributed by atoms with Crippen LogP contribution in [-0.2, 0) is 9.59 Å². The molecule has 0 atom stereocenters. The number of amides is 2. The number of carbonyl (C=O) groups excluding carboxylic acids is 2. The highest BCUT2D eigenvalue weighted by molar-refractivity contribution is 6.09. The SMILES string of the molecule is CN1C(=O)CN(CCC(=O)O)C(=O)c2cc(OCCC3CCNCC3)ccc21. The van der Waals surface area contributed by atoms with Gasteiger partial charge in [-0.15, -0.1) is 0 Å². The molecule has 2 amide bonds. The second kappa shape index (κ2) is 9.05. The van der Waals surface area contributed by atoms with Gasteiger partial charge in [-0.25, -0.2) is 0 Å². The monoisotopic (exact) mass is 389 g/mol. The topological polar surface area (TPSA) is 99.2 Å². The summed E-state index contributed by atoms with van der Waals surface area (Å²) in [6.45, 7) is 2.53. The fourth-order valence-corrected chi connectivity index (χ4v) is 3.64. The molecule has 0 unspecified atom stereocenters. The first-order chi connectivity index (χ1) is 13.5. The standard InChI is InChI=1S/C20H27N3O5/c1-22-17-3-2-15(28-11-7-14-4-8-21-9-5-14)12-16(17)20(27)23(13-18(22)24)10-6-19(25)26/h2-3,12,14,21H,4-11,13H2,1H3,(H,25,26). The summed E-state index contributed by atoms with van der Waals surface area (Å²) in [4.78, 5) is 38.9. The van der Waals surface area contributed by atoms with Crippen LogP contribution >= 0.6 is 0 Å². The zero-order valence-electron chi connectivity index (χ0n) is 16.1. The van der Waals surface area contributed by atoms with Crippen LogP contribution in [0, 0.1) is 5.92 Å². The molecule has 0 saturated carbocycles. The molecule has 2 aliphatic rings. The van der Waals surface area contributed by atoms with Crippen molar-refractivity contribution in [3.05, 3.63) is 23.8 Å². The molecule has 1 saturated heterocycles. The number of carboxylic acid groups (broad SMARTS) is 1. The molecular weight excluding hydrogens is 362 g/mol. The van der Waals surface area contributed by atoms with Crippen LogP contribution in [0.3, 0.4) is 0 Å². The van der Waals surface area contributed by atoms with Crippen LogP contribution in [0.2, 0.25) is 0 Å². The molecule has 2 aliphatic heterocycles. The van der Waals surface area contributed by atoms with E-state index in [9.17, 15) is 14.4 Å². The minimum atomic E-state index is -1.01. The Labute approximate surface area is 164 Å². The Morgan fingerprint density at radius 3 is 2.75 bits per heavy atom. The highest BCUT2D eigenvalue weighted by atomic mass is 16.5. The fourth-order valence-electron chi connectivity index (χ4n) is 3.64. The Bertz CT molecular complexity index is 745. The Hall–Kier alpha value is -2.61. The van der Waals surface area contributed by atoms with Gasteiger partial charge in [0.25, 0.3) is 5.91 Å². The second-order valence-corrected chi connectivity index (χ2v) is 7.33. The molecule has 1 fully saturated rings. The van der Waals surface area contributed by atoms with Crippen LogP contribution in [0.15, 0.2) is 18.2 Å². The van der Waals surface area contributed by atoms with Crippen LogP contribution in [-0.4, -0.2) is 67.6 Å². The normalized spacial score (nSPS) is 18.0. The molecule has 3 rings (SSSR count). The van der Waals surface area contributed by atoms with E-state index in [1.54, 1.807) is 25.2 Å². The van der Waals surface area contributed by atoms with Crippen molar-refractivity contribution in [3.8, 4) is 5.75 Å². The summed E-state index contributed by atoms with van der Waals surface area (Å²) >= 11 is 0. The lowest BCUT2D eigenvalue weighted by Gasteiger charge is -2.22. The van der Waals surface area contributed by atoms with E-state index in [0.717, 1.165) is 32.4 Å². The van der Waals surface area contributed by atoms with Crippen LogP contribution in [0.25, 0.3) is 0 Å². The molecule has 1 aromatic carbocycles. The smallest absolute Gasteiger partial charge is 0.305 e. The van der Waals surface area contributed by atoms with E-state index in [2.05, 4.69) is 5.32 Å². The molecule has 0 aromatic heterocycles. The number of aliphatic carboxylic acids is 1. The molecular formula is C20H27N3O5. The van der Waals surface area contributed by atoms with E-state index in [4.69, 9.17) is 9.84 Å². The van der Waals surface area contributed by atoms with Crippen molar-refractivity contribution in [3.63, 3.8) is 0 Å². The number of hydrogen-bond donors (Lipinski definition) is 2. The highest BCUT2D eigenvalue weighted by Gasteiger charge is 2.30. The third-order valence-electron chi connectivity index (χ3n) is 5.40. The number of carboxylic acids is 1. The van der Waals surface area contributed by atoms with E-state index in [1.165, 1.54) is 9.80 Å². The minimum Gasteiger partial charge on any atom is -0.494 e. The van der Waals surface area contributed by atoms with Gasteiger partial charge in [-0.3, -0.25) is 14.4 Å².